The number of hydrogen-bond donors (Lipinski definition) is 1. The molecule has 0 aliphatic rings. The van der Waals surface area contributed by atoms with Crippen LogP contribution in [0, 0.1) is 11.6 Å². The molecule has 1 aromatic heterocycles. The van der Waals surface area contributed by atoms with Crippen LogP contribution in [0.1, 0.15) is 0 Å². The first-order valence-electron chi connectivity index (χ1n) is 9.69. The molecule has 4 aromatic rings. The van der Waals surface area contributed by atoms with Crippen LogP contribution in [0.4, 0.5) is 20.2 Å². The molecule has 0 radical (unpaired) electrons. The summed E-state index contributed by atoms with van der Waals surface area (Å²) in [6.07, 6.45) is 0. The SMILES string of the molecule is CN(C)c1ccc(NS(=O)(=O)c2cc(-c3ccc(F)cc3)c(-c3ccc(F)cc3)s2)cc1. The maximum absolute atomic E-state index is 13.4. The third kappa shape index (κ3) is 4.66. The molecule has 0 bridgehead atoms. The van der Waals surface area contributed by atoms with Gasteiger partial charge >= 0.3 is 0 Å². The van der Waals surface area contributed by atoms with Gasteiger partial charge in [0, 0.05) is 35.9 Å². The van der Waals surface area contributed by atoms with Crippen molar-refractivity contribution in [2.75, 3.05) is 23.7 Å². The van der Waals surface area contributed by atoms with Crippen molar-refractivity contribution in [2.45, 2.75) is 4.21 Å². The van der Waals surface area contributed by atoms with Gasteiger partial charge in [0.1, 0.15) is 15.8 Å². The van der Waals surface area contributed by atoms with Crippen molar-refractivity contribution in [1.29, 1.82) is 0 Å². The second-order valence-corrected chi connectivity index (χ2v) is 10.3. The van der Waals surface area contributed by atoms with Gasteiger partial charge in [0.2, 0.25) is 0 Å². The Morgan fingerprint density at radius 3 is 1.84 bits per heavy atom. The Kier molecular flexibility index (Phi) is 5.99. The van der Waals surface area contributed by atoms with E-state index in [9.17, 15) is 17.2 Å². The van der Waals surface area contributed by atoms with E-state index in [0.29, 0.717) is 27.3 Å². The van der Waals surface area contributed by atoms with Gasteiger partial charge in [-0.1, -0.05) is 24.3 Å². The lowest BCUT2D eigenvalue weighted by Gasteiger charge is -2.13. The summed E-state index contributed by atoms with van der Waals surface area (Å²) < 4.78 is 55.8. The largest absolute Gasteiger partial charge is 0.378 e. The third-order valence-electron chi connectivity index (χ3n) is 4.87. The van der Waals surface area contributed by atoms with Gasteiger partial charge in [0.25, 0.3) is 10.0 Å². The van der Waals surface area contributed by atoms with Gasteiger partial charge in [-0.15, -0.1) is 11.3 Å². The van der Waals surface area contributed by atoms with Crippen LogP contribution >= 0.6 is 11.3 Å². The van der Waals surface area contributed by atoms with Crippen LogP contribution in [0.2, 0.25) is 0 Å². The molecule has 0 saturated carbocycles. The first kappa shape index (κ1) is 22.0. The molecule has 4 nitrogen and oxygen atoms in total. The van der Waals surface area contributed by atoms with Gasteiger partial charge in [-0.2, -0.15) is 0 Å². The van der Waals surface area contributed by atoms with E-state index < -0.39 is 10.0 Å². The molecule has 0 amide bonds. The summed E-state index contributed by atoms with van der Waals surface area (Å²) in [5.74, 6) is -0.771. The molecule has 164 valence electrons. The first-order valence-corrected chi connectivity index (χ1v) is 12.0. The molecule has 0 spiro atoms. The van der Waals surface area contributed by atoms with Crippen molar-refractivity contribution >= 4 is 32.7 Å². The van der Waals surface area contributed by atoms with Crippen molar-refractivity contribution in [3.05, 3.63) is 90.5 Å². The lowest BCUT2D eigenvalue weighted by molar-refractivity contribution is 0.603. The van der Waals surface area contributed by atoms with Crippen molar-refractivity contribution < 1.29 is 17.2 Å². The Morgan fingerprint density at radius 2 is 1.31 bits per heavy atom. The van der Waals surface area contributed by atoms with Gasteiger partial charge in [-0.25, -0.2) is 17.2 Å². The minimum Gasteiger partial charge on any atom is -0.378 e. The van der Waals surface area contributed by atoms with E-state index in [1.807, 2.05) is 31.1 Å². The van der Waals surface area contributed by atoms with E-state index in [0.717, 1.165) is 17.0 Å². The van der Waals surface area contributed by atoms with Crippen LogP contribution < -0.4 is 9.62 Å². The van der Waals surface area contributed by atoms with E-state index in [4.69, 9.17) is 0 Å². The fourth-order valence-electron chi connectivity index (χ4n) is 3.19. The molecule has 0 unspecified atom stereocenters. The predicted molar refractivity (Wildman–Crippen MR) is 127 cm³/mol. The zero-order valence-electron chi connectivity index (χ0n) is 17.3. The van der Waals surface area contributed by atoms with Crippen LogP contribution in [-0.2, 0) is 10.0 Å². The van der Waals surface area contributed by atoms with E-state index >= 15 is 0 Å². The summed E-state index contributed by atoms with van der Waals surface area (Å²) in [7, 11) is -0.0705. The second kappa shape index (κ2) is 8.72. The molecule has 32 heavy (non-hydrogen) atoms. The molecular formula is C24H20F2N2O2S2. The second-order valence-electron chi connectivity index (χ2n) is 7.37. The molecule has 4 rings (SSSR count). The van der Waals surface area contributed by atoms with E-state index in [1.165, 1.54) is 24.3 Å². The number of thiophene rings is 1. The third-order valence-corrected chi connectivity index (χ3v) is 7.91. The average Bonchev–Trinajstić information content (AvgIpc) is 3.21. The van der Waals surface area contributed by atoms with Crippen molar-refractivity contribution in [2.24, 2.45) is 0 Å². The van der Waals surface area contributed by atoms with Gasteiger partial charge in [-0.05, 0) is 65.7 Å². The van der Waals surface area contributed by atoms with Gasteiger partial charge in [0.15, 0.2) is 0 Å². The van der Waals surface area contributed by atoms with Crippen LogP contribution in [0.25, 0.3) is 21.6 Å². The van der Waals surface area contributed by atoms with Crippen molar-refractivity contribution in [3.63, 3.8) is 0 Å². The summed E-state index contributed by atoms with van der Waals surface area (Å²) in [6.45, 7) is 0. The number of hydrogen-bond acceptors (Lipinski definition) is 4. The molecule has 0 fully saturated rings. The molecule has 0 aliphatic heterocycles. The molecule has 1 N–H and O–H groups in total. The number of nitrogens with zero attached hydrogens (tertiary/aromatic N) is 1. The Morgan fingerprint density at radius 1 is 0.781 bits per heavy atom. The summed E-state index contributed by atoms with van der Waals surface area (Å²) in [6, 6.07) is 20.3. The molecule has 3 aromatic carbocycles. The zero-order valence-corrected chi connectivity index (χ0v) is 19.0. The van der Waals surface area contributed by atoms with E-state index in [1.54, 1.807) is 42.5 Å². The normalized spacial score (nSPS) is 11.4. The topological polar surface area (TPSA) is 49.4 Å². The Balaban J connectivity index is 1.75. The highest BCUT2D eigenvalue weighted by molar-refractivity contribution is 7.94. The van der Waals surface area contributed by atoms with Crippen LogP contribution in [0.5, 0.6) is 0 Å². The lowest BCUT2D eigenvalue weighted by atomic mass is 10.0. The van der Waals surface area contributed by atoms with E-state index in [-0.39, 0.29) is 15.8 Å². The number of sulfonamides is 1. The number of rotatable bonds is 6. The Bertz CT molecular complexity index is 1270. The number of halogens is 2. The summed E-state index contributed by atoms with van der Waals surface area (Å²) in [5.41, 5.74) is 3.35. The first-order chi connectivity index (χ1) is 15.2. The van der Waals surface area contributed by atoms with Crippen LogP contribution in [-0.4, -0.2) is 22.5 Å². The highest BCUT2D eigenvalue weighted by Crippen LogP contribution is 2.41. The average molecular weight is 471 g/mol. The molecule has 8 heteroatoms. The molecule has 0 saturated heterocycles. The molecular weight excluding hydrogens is 450 g/mol. The fraction of sp³-hybridized carbons (Fsp3) is 0.0833. The Hall–Kier alpha value is -3.23. The van der Waals surface area contributed by atoms with Gasteiger partial charge < -0.3 is 4.90 Å². The van der Waals surface area contributed by atoms with Crippen LogP contribution in [0.15, 0.2) is 83.1 Å². The Labute approximate surface area is 189 Å². The highest BCUT2D eigenvalue weighted by atomic mass is 32.2. The minimum atomic E-state index is -3.87. The quantitative estimate of drug-likeness (QED) is 0.364. The fourth-order valence-corrected chi connectivity index (χ4v) is 5.75. The van der Waals surface area contributed by atoms with Gasteiger partial charge in [0.05, 0.1) is 0 Å². The summed E-state index contributed by atoms with van der Waals surface area (Å²) in [5, 5.41) is 0. The number of anilines is 2. The molecule has 0 atom stereocenters. The number of benzene rings is 3. The van der Waals surface area contributed by atoms with Crippen molar-refractivity contribution in [3.8, 4) is 21.6 Å². The molecule has 1 heterocycles. The highest BCUT2D eigenvalue weighted by Gasteiger charge is 2.22. The van der Waals surface area contributed by atoms with Gasteiger partial charge in [-0.3, -0.25) is 4.72 Å². The van der Waals surface area contributed by atoms with E-state index in [2.05, 4.69) is 4.72 Å². The maximum atomic E-state index is 13.4. The minimum absolute atomic E-state index is 0.104. The smallest absolute Gasteiger partial charge is 0.271 e. The number of nitrogens with one attached hydrogen (secondary N) is 1. The summed E-state index contributed by atoms with van der Waals surface area (Å²) >= 11 is 1.08. The summed E-state index contributed by atoms with van der Waals surface area (Å²) in [4.78, 5) is 2.57. The maximum Gasteiger partial charge on any atom is 0.271 e. The van der Waals surface area contributed by atoms with Crippen molar-refractivity contribution in [1.82, 2.24) is 0 Å². The standard InChI is InChI=1S/C24H20F2N2O2S2/c1-28(2)21-13-11-20(12-14-21)27-32(29,30)23-15-22(16-3-7-18(25)8-4-16)24(31-23)17-5-9-19(26)10-6-17/h3-15,27H,1-2H3. The van der Waals surface area contributed by atoms with Crippen LogP contribution in [0.3, 0.4) is 0 Å². The lowest BCUT2D eigenvalue weighted by Crippen LogP contribution is -2.12. The zero-order chi connectivity index (χ0) is 22.9. The predicted octanol–water partition coefficient (Wildman–Crippen LogP) is 6.23. The molecule has 0 aliphatic carbocycles. The monoisotopic (exact) mass is 470 g/mol.